The van der Waals surface area contributed by atoms with E-state index >= 15 is 0 Å². The lowest BCUT2D eigenvalue weighted by molar-refractivity contribution is -0.385. The Labute approximate surface area is 111 Å². The number of benzene rings is 1. The van der Waals surface area contributed by atoms with Crippen LogP contribution >= 0.6 is 0 Å². The molecule has 3 N–H and O–H groups in total. The molecule has 0 saturated carbocycles. The normalized spacial score (nSPS) is 24.4. The lowest BCUT2D eigenvalue weighted by atomic mass is 9.81. The van der Waals surface area contributed by atoms with Crippen LogP contribution in [0.5, 0.6) is 5.75 Å². The molecule has 6 heteroatoms. The van der Waals surface area contributed by atoms with Crippen LogP contribution in [0.4, 0.5) is 5.69 Å². The van der Waals surface area contributed by atoms with Gasteiger partial charge in [-0.1, -0.05) is 13.8 Å². The zero-order valence-electron chi connectivity index (χ0n) is 11.0. The number of hydrogen-bond donors (Lipinski definition) is 2. The van der Waals surface area contributed by atoms with Gasteiger partial charge in [-0.2, -0.15) is 0 Å². The van der Waals surface area contributed by atoms with Crippen molar-refractivity contribution in [2.45, 2.75) is 44.4 Å². The average Bonchev–Trinajstić information content (AvgIpc) is 2.42. The molecule has 104 valence electrons. The summed E-state index contributed by atoms with van der Waals surface area (Å²) < 4.78 is 5.88. The molecule has 0 aliphatic carbocycles. The molecule has 0 aromatic heterocycles. The minimum absolute atomic E-state index is 0.0505. The Morgan fingerprint density at radius 1 is 1.47 bits per heavy atom. The summed E-state index contributed by atoms with van der Waals surface area (Å²) in [6, 6.07) is 3.64. The van der Waals surface area contributed by atoms with Crippen molar-refractivity contribution < 1.29 is 14.8 Å². The molecule has 1 aliphatic heterocycles. The van der Waals surface area contributed by atoms with Crippen molar-refractivity contribution in [1.29, 1.82) is 0 Å². The maximum absolute atomic E-state index is 10.8. The minimum Gasteiger partial charge on any atom is -0.484 e. The van der Waals surface area contributed by atoms with Gasteiger partial charge < -0.3 is 15.6 Å². The molecule has 0 saturated heterocycles. The summed E-state index contributed by atoms with van der Waals surface area (Å²) in [7, 11) is 0. The van der Waals surface area contributed by atoms with Gasteiger partial charge in [0.05, 0.1) is 11.0 Å². The Balaban J connectivity index is 2.49. The third-order valence-electron chi connectivity index (χ3n) is 3.95. The van der Waals surface area contributed by atoms with Gasteiger partial charge in [0.25, 0.3) is 5.69 Å². The Bertz CT molecular complexity index is 499. The molecule has 1 aromatic rings. The van der Waals surface area contributed by atoms with Gasteiger partial charge in [0, 0.05) is 17.7 Å². The quantitative estimate of drug-likeness (QED) is 0.643. The molecule has 19 heavy (non-hydrogen) atoms. The SMILES string of the molecule is CCC1(CC)Oc2ccc([N+](=O)[O-])cc2[C@H](N)[C@H]1O. The highest BCUT2D eigenvalue weighted by atomic mass is 16.6. The summed E-state index contributed by atoms with van der Waals surface area (Å²) in [5, 5.41) is 21.1. The minimum atomic E-state index is -0.878. The number of aliphatic hydroxyl groups is 1. The number of non-ortho nitro benzene ring substituents is 1. The van der Waals surface area contributed by atoms with Gasteiger partial charge in [-0.05, 0) is 18.9 Å². The first-order chi connectivity index (χ1) is 8.95. The largest absolute Gasteiger partial charge is 0.484 e. The Kier molecular flexibility index (Phi) is 3.47. The summed E-state index contributed by atoms with van der Waals surface area (Å²) in [5.74, 6) is 0.520. The number of nitrogens with zero attached hydrogens (tertiary/aromatic N) is 1. The standard InChI is InChI=1S/C13H18N2O4/c1-3-13(4-2)12(16)11(14)9-7-8(15(17)18)5-6-10(9)19-13/h5-7,11-12,16H,3-4,14H2,1-2H3/t11-,12+/m0/s1. The highest BCUT2D eigenvalue weighted by Crippen LogP contribution is 2.43. The van der Waals surface area contributed by atoms with Crippen LogP contribution in [0, 0.1) is 10.1 Å². The number of nitro benzene ring substituents is 1. The second-order valence-corrected chi connectivity index (χ2v) is 4.82. The molecule has 0 bridgehead atoms. The van der Waals surface area contributed by atoms with Crippen molar-refractivity contribution in [1.82, 2.24) is 0 Å². The zero-order chi connectivity index (χ0) is 14.2. The molecule has 0 spiro atoms. The number of ether oxygens (including phenoxy) is 1. The molecule has 6 nitrogen and oxygen atoms in total. The molecular weight excluding hydrogens is 248 g/mol. The second kappa shape index (κ2) is 4.79. The van der Waals surface area contributed by atoms with Gasteiger partial charge in [-0.15, -0.1) is 0 Å². The summed E-state index contributed by atoms with van der Waals surface area (Å²) in [6.45, 7) is 3.85. The number of nitrogens with two attached hydrogens (primary N) is 1. The third kappa shape index (κ3) is 2.06. The fourth-order valence-corrected chi connectivity index (χ4v) is 2.59. The van der Waals surface area contributed by atoms with Gasteiger partial charge >= 0.3 is 0 Å². The van der Waals surface area contributed by atoms with E-state index in [-0.39, 0.29) is 5.69 Å². The summed E-state index contributed by atoms with van der Waals surface area (Å²) in [5.41, 5.74) is 5.75. The van der Waals surface area contributed by atoms with E-state index in [1.807, 2.05) is 13.8 Å². The van der Waals surface area contributed by atoms with E-state index in [4.69, 9.17) is 10.5 Å². The first-order valence-corrected chi connectivity index (χ1v) is 6.36. The fourth-order valence-electron chi connectivity index (χ4n) is 2.59. The molecule has 2 rings (SSSR count). The van der Waals surface area contributed by atoms with Crippen LogP contribution < -0.4 is 10.5 Å². The first-order valence-electron chi connectivity index (χ1n) is 6.36. The van der Waals surface area contributed by atoms with Crippen LogP contribution in [-0.2, 0) is 0 Å². The second-order valence-electron chi connectivity index (χ2n) is 4.82. The number of nitro groups is 1. The van der Waals surface area contributed by atoms with E-state index in [1.165, 1.54) is 12.1 Å². The van der Waals surface area contributed by atoms with Gasteiger partial charge in [-0.25, -0.2) is 0 Å². The van der Waals surface area contributed by atoms with Crippen molar-refractivity contribution in [3.05, 3.63) is 33.9 Å². The van der Waals surface area contributed by atoms with E-state index in [9.17, 15) is 15.2 Å². The smallest absolute Gasteiger partial charge is 0.270 e. The summed E-state index contributed by atoms with van der Waals surface area (Å²) in [4.78, 5) is 10.3. The molecular formula is C13H18N2O4. The first kappa shape index (κ1) is 13.8. The lowest BCUT2D eigenvalue weighted by Gasteiger charge is -2.44. The van der Waals surface area contributed by atoms with Gasteiger partial charge in [-0.3, -0.25) is 10.1 Å². The van der Waals surface area contributed by atoms with Crippen molar-refractivity contribution in [2.24, 2.45) is 5.73 Å². The van der Waals surface area contributed by atoms with E-state index in [0.29, 0.717) is 24.2 Å². The van der Waals surface area contributed by atoms with Crippen molar-refractivity contribution in [3.63, 3.8) is 0 Å². The topological polar surface area (TPSA) is 98.6 Å². The molecule has 1 aromatic carbocycles. The molecule has 0 radical (unpaired) electrons. The number of aliphatic hydroxyl groups excluding tert-OH is 1. The maximum Gasteiger partial charge on any atom is 0.270 e. The van der Waals surface area contributed by atoms with Crippen LogP contribution in [0.15, 0.2) is 18.2 Å². The number of hydrogen-bond acceptors (Lipinski definition) is 5. The average molecular weight is 266 g/mol. The monoisotopic (exact) mass is 266 g/mol. The highest BCUT2D eigenvalue weighted by Gasteiger charge is 2.46. The van der Waals surface area contributed by atoms with Gasteiger partial charge in [0.2, 0.25) is 0 Å². The van der Waals surface area contributed by atoms with Crippen LogP contribution in [0.25, 0.3) is 0 Å². The predicted molar refractivity (Wildman–Crippen MR) is 70.0 cm³/mol. The van der Waals surface area contributed by atoms with Crippen LogP contribution in [0.2, 0.25) is 0 Å². The van der Waals surface area contributed by atoms with E-state index in [0.717, 1.165) is 0 Å². The third-order valence-corrected chi connectivity index (χ3v) is 3.95. The zero-order valence-corrected chi connectivity index (χ0v) is 11.0. The van der Waals surface area contributed by atoms with E-state index in [1.54, 1.807) is 6.07 Å². The van der Waals surface area contributed by atoms with E-state index in [2.05, 4.69) is 0 Å². The molecule has 2 atom stereocenters. The van der Waals surface area contributed by atoms with Crippen LogP contribution in [0.3, 0.4) is 0 Å². The van der Waals surface area contributed by atoms with Gasteiger partial charge in [0.1, 0.15) is 17.5 Å². The summed E-state index contributed by atoms with van der Waals surface area (Å²) >= 11 is 0. The Hall–Kier alpha value is -1.66. The van der Waals surface area contributed by atoms with Crippen LogP contribution in [0.1, 0.15) is 38.3 Å². The van der Waals surface area contributed by atoms with Crippen LogP contribution in [-0.4, -0.2) is 21.7 Å². The summed E-state index contributed by atoms with van der Waals surface area (Å²) in [6.07, 6.45) is 0.362. The maximum atomic E-state index is 10.8. The van der Waals surface area contributed by atoms with Gasteiger partial charge in [0.15, 0.2) is 0 Å². The predicted octanol–water partition coefficient (Wildman–Crippen LogP) is 1.91. The lowest BCUT2D eigenvalue weighted by Crippen LogP contribution is -2.54. The van der Waals surface area contributed by atoms with Crippen molar-refractivity contribution in [3.8, 4) is 5.75 Å². The van der Waals surface area contributed by atoms with E-state index < -0.39 is 22.7 Å². The number of fused-ring (bicyclic) bond motifs is 1. The molecule has 1 heterocycles. The van der Waals surface area contributed by atoms with Crippen molar-refractivity contribution in [2.75, 3.05) is 0 Å². The fraction of sp³-hybridized carbons (Fsp3) is 0.538. The number of rotatable bonds is 3. The Morgan fingerprint density at radius 3 is 2.63 bits per heavy atom. The Morgan fingerprint density at radius 2 is 2.11 bits per heavy atom. The molecule has 1 aliphatic rings. The molecule has 0 fully saturated rings. The highest BCUT2D eigenvalue weighted by molar-refractivity contribution is 5.47. The molecule has 0 unspecified atom stereocenters. The molecule has 0 amide bonds. The van der Waals surface area contributed by atoms with Crippen molar-refractivity contribution >= 4 is 5.69 Å².